The number of nitrogens with one attached hydrogen (secondary N) is 2. The highest BCUT2D eigenvalue weighted by atomic mass is 19.4. The van der Waals surface area contributed by atoms with E-state index in [2.05, 4.69) is 32.5 Å². The fraction of sp³-hybridized carbons (Fsp3) is 0.400. The first kappa shape index (κ1) is 27.0. The molecule has 38 heavy (non-hydrogen) atoms. The number of nitrogens with zero attached hydrogens (tertiary/aromatic N) is 6. The van der Waals surface area contributed by atoms with Gasteiger partial charge in [0, 0.05) is 45.0 Å². The average Bonchev–Trinajstić information content (AvgIpc) is 2.91. The number of carbonyl (C=O) groups excluding carboxylic acids is 1. The van der Waals surface area contributed by atoms with Crippen LogP contribution in [0.25, 0.3) is 0 Å². The topological polar surface area (TPSA) is 108 Å². The first-order chi connectivity index (χ1) is 18.2. The average molecular weight is 531 g/mol. The number of anilines is 3. The van der Waals surface area contributed by atoms with Crippen LogP contribution < -0.4 is 25.2 Å². The molecule has 0 aromatic carbocycles. The Labute approximate surface area is 218 Å². The third kappa shape index (κ3) is 6.28. The molecule has 1 atom stereocenters. The smallest absolute Gasteiger partial charge is 0.433 e. The lowest BCUT2D eigenvalue weighted by molar-refractivity contribution is -0.141. The summed E-state index contributed by atoms with van der Waals surface area (Å²) in [6.45, 7) is 3.81. The summed E-state index contributed by atoms with van der Waals surface area (Å²) >= 11 is 0. The molecule has 0 fully saturated rings. The van der Waals surface area contributed by atoms with Crippen LogP contribution in [0.3, 0.4) is 0 Å². The number of fused-ring (bicyclic) bond motifs is 1. The van der Waals surface area contributed by atoms with Crippen molar-refractivity contribution in [3.63, 3.8) is 0 Å². The largest absolute Gasteiger partial charge is 0.437 e. The number of aryl methyl sites for hydroxylation is 1. The molecule has 4 heterocycles. The number of aromatic nitrogens is 4. The van der Waals surface area contributed by atoms with Gasteiger partial charge in [0.25, 0.3) is 0 Å². The van der Waals surface area contributed by atoms with Gasteiger partial charge in [-0.25, -0.2) is 15.0 Å². The summed E-state index contributed by atoms with van der Waals surface area (Å²) < 4.78 is 43.5. The maximum Gasteiger partial charge on any atom is 0.433 e. The van der Waals surface area contributed by atoms with E-state index >= 15 is 0 Å². The predicted octanol–water partition coefficient (Wildman–Crippen LogP) is 3.64. The molecule has 1 aliphatic rings. The summed E-state index contributed by atoms with van der Waals surface area (Å²) in [4.78, 5) is 32.5. The third-order valence-electron chi connectivity index (χ3n) is 6.16. The summed E-state index contributed by atoms with van der Waals surface area (Å²) in [6.07, 6.45) is 0.466. The number of pyridine rings is 2. The van der Waals surface area contributed by atoms with Gasteiger partial charge in [0.1, 0.15) is 17.1 Å². The van der Waals surface area contributed by atoms with Gasteiger partial charge in [-0.05, 0) is 44.5 Å². The van der Waals surface area contributed by atoms with Gasteiger partial charge in [0.15, 0.2) is 5.82 Å². The molecule has 4 rings (SSSR count). The molecule has 0 spiro atoms. The van der Waals surface area contributed by atoms with E-state index in [1.54, 1.807) is 23.2 Å². The van der Waals surface area contributed by atoms with E-state index in [0.29, 0.717) is 24.9 Å². The zero-order valence-electron chi connectivity index (χ0n) is 21.3. The zero-order valence-corrected chi connectivity index (χ0v) is 21.3. The van der Waals surface area contributed by atoms with E-state index in [4.69, 9.17) is 9.72 Å². The summed E-state index contributed by atoms with van der Waals surface area (Å²) in [5.41, 5.74) is 1.38. The molecule has 1 amide bonds. The number of likely N-dealkylation sites (N-methyl/N-ethyl adjacent to an activating group) is 2. The van der Waals surface area contributed by atoms with Crippen molar-refractivity contribution >= 4 is 23.9 Å². The summed E-state index contributed by atoms with van der Waals surface area (Å²) in [7, 11) is 3.83. The van der Waals surface area contributed by atoms with Crippen molar-refractivity contribution < 1.29 is 22.7 Å². The Hall–Kier alpha value is -4.00. The van der Waals surface area contributed by atoms with E-state index < -0.39 is 11.9 Å². The number of alkyl halides is 3. The number of ether oxygens (including phenoxy) is 1. The second-order valence-electron chi connectivity index (χ2n) is 8.92. The van der Waals surface area contributed by atoms with E-state index in [0.717, 1.165) is 55.0 Å². The lowest BCUT2D eigenvalue weighted by Gasteiger charge is -2.33. The minimum absolute atomic E-state index is 0.124. The maximum absolute atomic E-state index is 12.7. The van der Waals surface area contributed by atoms with E-state index in [-0.39, 0.29) is 17.7 Å². The van der Waals surface area contributed by atoms with Crippen LogP contribution in [0.2, 0.25) is 0 Å². The van der Waals surface area contributed by atoms with Crippen molar-refractivity contribution in [1.29, 1.82) is 0 Å². The highest BCUT2D eigenvalue weighted by molar-refractivity contribution is 5.85. The second kappa shape index (κ2) is 11.6. The van der Waals surface area contributed by atoms with Gasteiger partial charge in [-0.2, -0.15) is 18.2 Å². The predicted molar refractivity (Wildman–Crippen MR) is 136 cm³/mol. The standard InChI is InChI=1S/C25H29F3N8O2/c1-16(11-29-2)35(3)23-22-19(5-4-10-36(22)15-37)33-24(34-23)32-13-17-6-9-21(31-12-17)38-18-7-8-20(30-14-18)25(26,27)28/h6-9,12,14-16,29H,4-5,10-11,13H2,1-3H3,(H,32,33,34). The number of hydrogen-bond donors (Lipinski definition) is 2. The summed E-state index contributed by atoms with van der Waals surface area (Å²) in [6, 6.07) is 5.56. The molecule has 0 saturated heterocycles. The molecule has 3 aromatic heterocycles. The second-order valence-corrected chi connectivity index (χ2v) is 8.92. The van der Waals surface area contributed by atoms with Gasteiger partial charge >= 0.3 is 6.18 Å². The fourth-order valence-corrected chi connectivity index (χ4v) is 4.04. The van der Waals surface area contributed by atoms with Crippen LogP contribution in [0.15, 0.2) is 36.7 Å². The van der Waals surface area contributed by atoms with Crippen LogP contribution in [-0.2, 0) is 23.9 Å². The molecule has 3 aromatic rings. The molecule has 10 nitrogen and oxygen atoms in total. The molecular weight excluding hydrogens is 501 g/mol. The lowest BCUT2D eigenvalue weighted by Crippen LogP contribution is -2.39. The normalized spacial score (nSPS) is 14.0. The van der Waals surface area contributed by atoms with Crippen molar-refractivity contribution in [2.75, 3.05) is 42.3 Å². The molecule has 202 valence electrons. The monoisotopic (exact) mass is 530 g/mol. The fourth-order valence-electron chi connectivity index (χ4n) is 4.04. The quantitative estimate of drug-likeness (QED) is 0.380. The van der Waals surface area contributed by atoms with Gasteiger partial charge in [-0.3, -0.25) is 4.79 Å². The Morgan fingerprint density at radius 3 is 2.63 bits per heavy atom. The highest BCUT2D eigenvalue weighted by Crippen LogP contribution is 2.35. The highest BCUT2D eigenvalue weighted by Gasteiger charge is 2.32. The molecule has 0 saturated carbocycles. The molecule has 0 bridgehead atoms. The lowest BCUT2D eigenvalue weighted by atomic mass is 10.1. The minimum atomic E-state index is -4.51. The van der Waals surface area contributed by atoms with Gasteiger partial charge in [0.05, 0.1) is 11.9 Å². The molecule has 1 unspecified atom stereocenters. The zero-order chi connectivity index (χ0) is 27.3. The Morgan fingerprint density at radius 2 is 2.00 bits per heavy atom. The first-order valence-electron chi connectivity index (χ1n) is 12.1. The van der Waals surface area contributed by atoms with E-state index in [1.807, 2.05) is 19.0 Å². The van der Waals surface area contributed by atoms with Gasteiger partial charge in [0.2, 0.25) is 18.2 Å². The number of rotatable bonds is 10. The SMILES string of the molecule is CNCC(C)N(C)c1nc(NCc2ccc(Oc3ccc(C(F)(F)F)nc3)nc2)nc2c1N(C=O)CCC2. The Balaban J connectivity index is 1.47. The number of halogens is 3. The van der Waals surface area contributed by atoms with Gasteiger partial charge < -0.3 is 25.2 Å². The van der Waals surface area contributed by atoms with Gasteiger partial charge in [-0.1, -0.05) is 6.07 Å². The number of amides is 1. The van der Waals surface area contributed by atoms with Crippen LogP contribution >= 0.6 is 0 Å². The van der Waals surface area contributed by atoms with Crippen LogP contribution in [-0.4, -0.2) is 59.6 Å². The van der Waals surface area contributed by atoms with Crippen molar-refractivity contribution in [2.45, 2.75) is 38.5 Å². The van der Waals surface area contributed by atoms with Crippen molar-refractivity contribution in [2.24, 2.45) is 0 Å². The molecule has 13 heteroatoms. The minimum Gasteiger partial charge on any atom is -0.437 e. The third-order valence-corrected chi connectivity index (χ3v) is 6.16. The molecule has 1 aliphatic heterocycles. The van der Waals surface area contributed by atoms with Crippen molar-refractivity contribution in [3.8, 4) is 11.6 Å². The maximum atomic E-state index is 12.7. The van der Waals surface area contributed by atoms with Crippen LogP contribution in [0.4, 0.5) is 30.6 Å². The summed E-state index contributed by atoms with van der Waals surface area (Å²) in [5.74, 6) is 1.48. The Kier molecular flexibility index (Phi) is 8.25. The number of hydrogen-bond acceptors (Lipinski definition) is 9. The van der Waals surface area contributed by atoms with Crippen LogP contribution in [0.5, 0.6) is 11.6 Å². The Morgan fingerprint density at radius 1 is 1.18 bits per heavy atom. The van der Waals surface area contributed by atoms with E-state index in [9.17, 15) is 18.0 Å². The first-order valence-corrected chi connectivity index (χ1v) is 12.1. The van der Waals surface area contributed by atoms with Crippen LogP contribution in [0, 0.1) is 0 Å². The number of carbonyl (C=O) groups is 1. The molecule has 0 radical (unpaired) electrons. The van der Waals surface area contributed by atoms with Crippen molar-refractivity contribution in [1.82, 2.24) is 25.3 Å². The van der Waals surface area contributed by atoms with E-state index in [1.165, 1.54) is 6.07 Å². The van der Waals surface area contributed by atoms with Gasteiger partial charge in [-0.15, -0.1) is 0 Å². The van der Waals surface area contributed by atoms with Crippen LogP contribution in [0.1, 0.15) is 30.3 Å². The Bertz CT molecular complexity index is 1240. The van der Waals surface area contributed by atoms with Crippen molar-refractivity contribution in [3.05, 3.63) is 53.6 Å². The molecular formula is C25H29F3N8O2. The molecule has 0 aliphatic carbocycles. The summed E-state index contributed by atoms with van der Waals surface area (Å²) in [5, 5.41) is 6.39. The molecule has 2 N–H and O–H groups in total.